The maximum atomic E-state index is 10.7. The Morgan fingerprint density at radius 1 is 0.952 bits per heavy atom. The number of nitrogen functional groups attached to an aromatic ring is 1. The fraction of sp³-hybridized carbons (Fsp3) is 0.0769. The number of non-ortho nitro benzene ring substituents is 2. The van der Waals surface area contributed by atoms with Crippen LogP contribution in [0.3, 0.4) is 0 Å². The lowest BCUT2D eigenvalue weighted by molar-refractivity contribution is -0.385. The number of nitrogens with zero attached hydrogens (tertiary/aromatic N) is 2. The van der Waals surface area contributed by atoms with Gasteiger partial charge in [0.2, 0.25) is 0 Å². The van der Waals surface area contributed by atoms with E-state index < -0.39 is 9.85 Å². The SMILES string of the molecule is Nc1ccc([N+](=O)[O-])cc1CSc1ccc([N+](=O)[O-])cc1. The molecule has 2 aromatic rings. The number of anilines is 1. The van der Waals surface area contributed by atoms with E-state index in [1.165, 1.54) is 42.1 Å². The fourth-order valence-electron chi connectivity index (χ4n) is 1.66. The topological polar surface area (TPSA) is 112 Å². The van der Waals surface area contributed by atoms with Gasteiger partial charge in [0.25, 0.3) is 11.4 Å². The van der Waals surface area contributed by atoms with Crippen LogP contribution in [0.2, 0.25) is 0 Å². The van der Waals surface area contributed by atoms with Crippen molar-refractivity contribution in [3.8, 4) is 0 Å². The highest BCUT2D eigenvalue weighted by Gasteiger charge is 2.10. The summed E-state index contributed by atoms with van der Waals surface area (Å²) in [6.45, 7) is 0. The van der Waals surface area contributed by atoms with E-state index in [1.54, 1.807) is 12.1 Å². The molecule has 0 aromatic heterocycles. The summed E-state index contributed by atoms with van der Waals surface area (Å²) < 4.78 is 0. The lowest BCUT2D eigenvalue weighted by atomic mass is 10.2. The average Bonchev–Trinajstić information content (AvgIpc) is 2.46. The van der Waals surface area contributed by atoms with Crippen molar-refractivity contribution in [1.29, 1.82) is 0 Å². The van der Waals surface area contributed by atoms with Crippen LogP contribution in [0.1, 0.15) is 5.56 Å². The Bertz CT molecular complexity index is 688. The van der Waals surface area contributed by atoms with Gasteiger partial charge in [0.1, 0.15) is 0 Å². The van der Waals surface area contributed by atoms with Crippen LogP contribution < -0.4 is 5.73 Å². The molecule has 0 aliphatic carbocycles. The van der Waals surface area contributed by atoms with Gasteiger partial charge < -0.3 is 5.73 Å². The Kier molecular flexibility index (Phi) is 4.39. The number of thioether (sulfide) groups is 1. The Morgan fingerprint density at radius 3 is 2.10 bits per heavy atom. The molecule has 0 bridgehead atoms. The highest BCUT2D eigenvalue weighted by Crippen LogP contribution is 2.29. The Balaban J connectivity index is 2.10. The monoisotopic (exact) mass is 305 g/mol. The first-order valence-electron chi connectivity index (χ1n) is 5.87. The van der Waals surface area contributed by atoms with E-state index >= 15 is 0 Å². The van der Waals surface area contributed by atoms with Gasteiger partial charge in [-0.25, -0.2) is 0 Å². The number of benzene rings is 2. The van der Waals surface area contributed by atoms with Gasteiger partial charge >= 0.3 is 0 Å². The molecule has 7 nitrogen and oxygen atoms in total. The van der Waals surface area contributed by atoms with Crippen LogP contribution in [0.15, 0.2) is 47.4 Å². The molecule has 0 amide bonds. The van der Waals surface area contributed by atoms with Crippen LogP contribution in [0.4, 0.5) is 17.1 Å². The molecule has 0 saturated carbocycles. The van der Waals surface area contributed by atoms with Crippen molar-refractivity contribution >= 4 is 28.8 Å². The number of nitro groups is 2. The molecule has 0 aliphatic heterocycles. The van der Waals surface area contributed by atoms with Crippen molar-refractivity contribution in [3.05, 3.63) is 68.3 Å². The lowest BCUT2D eigenvalue weighted by Gasteiger charge is -2.05. The first-order valence-corrected chi connectivity index (χ1v) is 6.86. The third kappa shape index (κ3) is 3.69. The molecule has 0 spiro atoms. The summed E-state index contributed by atoms with van der Waals surface area (Å²) in [7, 11) is 0. The van der Waals surface area contributed by atoms with E-state index in [0.717, 1.165) is 4.90 Å². The van der Waals surface area contributed by atoms with Crippen LogP contribution in [0.25, 0.3) is 0 Å². The van der Waals surface area contributed by atoms with Crippen molar-refractivity contribution in [2.75, 3.05) is 5.73 Å². The van der Waals surface area contributed by atoms with Gasteiger partial charge in [-0.2, -0.15) is 0 Å². The van der Waals surface area contributed by atoms with E-state index in [1.807, 2.05) is 0 Å². The maximum absolute atomic E-state index is 10.7. The van der Waals surface area contributed by atoms with Gasteiger partial charge in [0.05, 0.1) is 9.85 Å². The zero-order chi connectivity index (χ0) is 15.4. The molecule has 108 valence electrons. The third-order valence-electron chi connectivity index (χ3n) is 2.78. The molecule has 0 saturated heterocycles. The molecule has 0 atom stereocenters. The number of rotatable bonds is 5. The summed E-state index contributed by atoms with van der Waals surface area (Å²) in [5.41, 5.74) is 6.95. The molecular weight excluding hydrogens is 294 g/mol. The lowest BCUT2D eigenvalue weighted by Crippen LogP contribution is -1.95. The predicted molar refractivity (Wildman–Crippen MR) is 80.2 cm³/mol. The summed E-state index contributed by atoms with van der Waals surface area (Å²) in [6.07, 6.45) is 0. The average molecular weight is 305 g/mol. The van der Waals surface area contributed by atoms with Gasteiger partial charge in [-0.3, -0.25) is 20.2 Å². The first-order chi connectivity index (χ1) is 9.97. The zero-order valence-electron chi connectivity index (χ0n) is 10.8. The minimum absolute atomic E-state index is 0.0106. The molecule has 0 aliphatic rings. The molecule has 21 heavy (non-hydrogen) atoms. The Hall–Kier alpha value is -2.61. The summed E-state index contributed by atoms with van der Waals surface area (Å²) in [6, 6.07) is 10.4. The second-order valence-electron chi connectivity index (χ2n) is 4.18. The van der Waals surface area contributed by atoms with Crippen molar-refractivity contribution in [2.24, 2.45) is 0 Å². The Labute approximate surface area is 124 Å². The molecule has 0 fully saturated rings. The molecule has 0 radical (unpaired) electrons. The third-order valence-corrected chi connectivity index (χ3v) is 3.84. The minimum Gasteiger partial charge on any atom is -0.398 e. The van der Waals surface area contributed by atoms with Crippen molar-refractivity contribution in [1.82, 2.24) is 0 Å². The molecule has 8 heteroatoms. The van der Waals surface area contributed by atoms with E-state index in [2.05, 4.69) is 0 Å². The summed E-state index contributed by atoms with van der Waals surface area (Å²) in [5, 5.41) is 21.3. The quantitative estimate of drug-likeness (QED) is 0.392. The molecule has 2 rings (SSSR count). The van der Waals surface area contributed by atoms with Crippen LogP contribution in [0.5, 0.6) is 0 Å². The number of nitro benzene ring substituents is 2. The number of hydrogen-bond acceptors (Lipinski definition) is 6. The normalized spacial score (nSPS) is 10.3. The van der Waals surface area contributed by atoms with Crippen molar-refractivity contribution in [2.45, 2.75) is 10.6 Å². The number of hydrogen-bond donors (Lipinski definition) is 1. The Morgan fingerprint density at radius 2 is 1.52 bits per heavy atom. The molecule has 0 heterocycles. The highest BCUT2D eigenvalue weighted by molar-refractivity contribution is 7.98. The van der Waals surface area contributed by atoms with E-state index in [0.29, 0.717) is 17.0 Å². The van der Waals surface area contributed by atoms with Gasteiger partial charge in [0.15, 0.2) is 0 Å². The van der Waals surface area contributed by atoms with Gasteiger partial charge in [0, 0.05) is 40.6 Å². The van der Waals surface area contributed by atoms with Crippen molar-refractivity contribution in [3.63, 3.8) is 0 Å². The van der Waals surface area contributed by atoms with Gasteiger partial charge in [-0.1, -0.05) is 0 Å². The molecule has 0 unspecified atom stereocenters. The molecule has 2 aromatic carbocycles. The fourth-order valence-corrected chi connectivity index (χ4v) is 2.56. The molecular formula is C13H11N3O4S. The van der Waals surface area contributed by atoms with E-state index in [9.17, 15) is 20.2 Å². The largest absolute Gasteiger partial charge is 0.398 e. The maximum Gasteiger partial charge on any atom is 0.269 e. The minimum atomic E-state index is -0.473. The zero-order valence-corrected chi connectivity index (χ0v) is 11.6. The number of nitrogens with two attached hydrogens (primary N) is 1. The van der Waals surface area contributed by atoms with E-state index in [4.69, 9.17) is 5.73 Å². The smallest absolute Gasteiger partial charge is 0.269 e. The summed E-state index contributed by atoms with van der Waals surface area (Å²) in [4.78, 5) is 21.2. The summed E-state index contributed by atoms with van der Waals surface area (Å²) >= 11 is 1.40. The van der Waals surface area contributed by atoms with E-state index in [-0.39, 0.29) is 11.4 Å². The second kappa shape index (κ2) is 6.23. The summed E-state index contributed by atoms with van der Waals surface area (Å²) in [5.74, 6) is 0.450. The van der Waals surface area contributed by atoms with Gasteiger partial charge in [-0.15, -0.1) is 11.8 Å². The first kappa shape index (κ1) is 14.8. The highest BCUT2D eigenvalue weighted by atomic mass is 32.2. The van der Waals surface area contributed by atoms with Crippen LogP contribution in [0, 0.1) is 20.2 Å². The second-order valence-corrected chi connectivity index (χ2v) is 5.23. The van der Waals surface area contributed by atoms with Gasteiger partial charge in [-0.05, 0) is 23.8 Å². The predicted octanol–water partition coefficient (Wildman–Crippen LogP) is 3.38. The standard InChI is InChI=1S/C13H11N3O4S/c14-13-6-3-11(16(19)20)7-9(13)8-21-12-4-1-10(2-5-12)15(17)18/h1-7H,8,14H2. The van der Waals surface area contributed by atoms with Crippen molar-refractivity contribution < 1.29 is 9.85 Å². The van der Waals surface area contributed by atoms with Crippen LogP contribution in [-0.2, 0) is 5.75 Å². The van der Waals surface area contributed by atoms with Crippen LogP contribution in [-0.4, -0.2) is 9.85 Å². The molecule has 2 N–H and O–H groups in total. The van der Waals surface area contributed by atoms with Crippen LogP contribution >= 0.6 is 11.8 Å².